The third-order valence-electron chi connectivity index (χ3n) is 5.87. The van der Waals surface area contributed by atoms with Crippen molar-refractivity contribution in [2.24, 2.45) is 0 Å². The summed E-state index contributed by atoms with van der Waals surface area (Å²) in [5.41, 5.74) is 7.61. The summed E-state index contributed by atoms with van der Waals surface area (Å²) in [4.78, 5) is 13.3. The highest BCUT2D eigenvalue weighted by Gasteiger charge is 2.15. The number of H-pyrrole nitrogens is 1. The first kappa shape index (κ1) is 15.7. The fraction of sp³-hybridized carbons (Fsp3) is 0. The van der Waals surface area contributed by atoms with E-state index >= 15 is 0 Å². The summed E-state index contributed by atoms with van der Waals surface area (Å²) in [7, 11) is 0. The SMILES string of the molecule is c1ccc2c(c1)[nH]c1c2cnc2ccc(-c3cccc4oc5ccccc5c34)nc21. The van der Waals surface area contributed by atoms with Gasteiger partial charge >= 0.3 is 0 Å². The number of hydrogen-bond donors (Lipinski definition) is 1. The standard InChI is InChI=1S/C26H15N3O/c1-3-9-19-15(6-1)18-14-27-21-13-12-20(29-26(21)25(18)28-19)16-8-5-11-23-24(16)17-7-2-4-10-22(17)30-23/h1-14,28H. The maximum Gasteiger partial charge on any atom is 0.136 e. The highest BCUT2D eigenvalue weighted by atomic mass is 16.3. The third kappa shape index (κ3) is 2.05. The second-order valence-corrected chi connectivity index (χ2v) is 7.56. The third-order valence-corrected chi connectivity index (χ3v) is 5.87. The Balaban J connectivity index is 1.58. The number of benzene rings is 3. The molecule has 0 amide bonds. The quantitative estimate of drug-likeness (QED) is 0.337. The number of nitrogens with one attached hydrogen (secondary N) is 1. The summed E-state index contributed by atoms with van der Waals surface area (Å²) in [5.74, 6) is 0. The molecule has 30 heavy (non-hydrogen) atoms. The molecule has 0 bridgehead atoms. The molecule has 0 aliphatic heterocycles. The molecule has 4 aromatic heterocycles. The van der Waals surface area contributed by atoms with Crippen molar-refractivity contribution in [3.63, 3.8) is 0 Å². The molecule has 4 nitrogen and oxygen atoms in total. The molecule has 0 saturated carbocycles. The minimum Gasteiger partial charge on any atom is -0.456 e. The monoisotopic (exact) mass is 385 g/mol. The van der Waals surface area contributed by atoms with Gasteiger partial charge in [-0.05, 0) is 30.3 Å². The van der Waals surface area contributed by atoms with E-state index in [-0.39, 0.29) is 0 Å². The molecule has 140 valence electrons. The average molecular weight is 385 g/mol. The van der Waals surface area contributed by atoms with Gasteiger partial charge in [-0.15, -0.1) is 0 Å². The molecule has 0 aliphatic carbocycles. The van der Waals surface area contributed by atoms with Crippen molar-refractivity contribution in [3.8, 4) is 11.3 Å². The van der Waals surface area contributed by atoms with Gasteiger partial charge in [-0.25, -0.2) is 4.98 Å². The molecule has 0 spiro atoms. The summed E-state index contributed by atoms with van der Waals surface area (Å²) in [6.07, 6.45) is 1.93. The van der Waals surface area contributed by atoms with Gasteiger partial charge in [0.05, 0.1) is 16.7 Å². The van der Waals surface area contributed by atoms with Crippen molar-refractivity contribution >= 4 is 54.8 Å². The Morgan fingerprint density at radius 2 is 1.53 bits per heavy atom. The summed E-state index contributed by atoms with van der Waals surface area (Å²) in [6, 6.07) is 26.7. The Hall–Kier alpha value is -4.18. The molecule has 7 aromatic rings. The van der Waals surface area contributed by atoms with Crippen LogP contribution in [0, 0.1) is 0 Å². The number of para-hydroxylation sites is 2. The van der Waals surface area contributed by atoms with Crippen LogP contribution in [0.3, 0.4) is 0 Å². The number of furan rings is 1. The molecule has 4 heteroatoms. The topological polar surface area (TPSA) is 54.7 Å². The molecule has 4 heterocycles. The predicted octanol–water partition coefficient (Wildman–Crippen LogP) is 6.83. The van der Waals surface area contributed by atoms with Crippen molar-refractivity contribution in [1.29, 1.82) is 0 Å². The molecule has 0 fully saturated rings. The molecule has 0 saturated heterocycles. The zero-order chi connectivity index (χ0) is 19.7. The normalized spacial score (nSPS) is 12.0. The van der Waals surface area contributed by atoms with E-state index < -0.39 is 0 Å². The van der Waals surface area contributed by atoms with Gasteiger partial charge in [0.1, 0.15) is 16.7 Å². The van der Waals surface area contributed by atoms with Crippen LogP contribution < -0.4 is 0 Å². The smallest absolute Gasteiger partial charge is 0.136 e. The van der Waals surface area contributed by atoms with Gasteiger partial charge in [-0.3, -0.25) is 4.98 Å². The maximum absolute atomic E-state index is 6.07. The van der Waals surface area contributed by atoms with Crippen molar-refractivity contribution in [1.82, 2.24) is 15.0 Å². The summed E-state index contributed by atoms with van der Waals surface area (Å²) in [5, 5.41) is 4.45. The van der Waals surface area contributed by atoms with Gasteiger partial charge in [0, 0.05) is 38.8 Å². The molecular weight excluding hydrogens is 370 g/mol. The molecule has 1 N–H and O–H groups in total. The van der Waals surface area contributed by atoms with Crippen LogP contribution in [0.15, 0.2) is 89.5 Å². The van der Waals surface area contributed by atoms with E-state index in [0.29, 0.717) is 0 Å². The van der Waals surface area contributed by atoms with Gasteiger partial charge < -0.3 is 9.40 Å². The van der Waals surface area contributed by atoms with Gasteiger partial charge in [0.25, 0.3) is 0 Å². The van der Waals surface area contributed by atoms with Crippen molar-refractivity contribution < 1.29 is 4.42 Å². The molecule has 3 aromatic carbocycles. The fourth-order valence-corrected chi connectivity index (χ4v) is 4.50. The highest BCUT2D eigenvalue weighted by molar-refractivity contribution is 6.16. The average Bonchev–Trinajstić information content (AvgIpc) is 3.37. The van der Waals surface area contributed by atoms with Crippen molar-refractivity contribution in [2.75, 3.05) is 0 Å². The van der Waals surface area contributed by atoms with E-state index in [1.54, 1.807) is 0 Å². The largest absolute Gasteiger partial charge is 0.456 e. The fourth-order valence-electron chi connectivity index (χ4n) is 4.50. The van der Waals surface area contributed by atoms with Gasteiger partial charge in [0.2, 0.25) is 0 Å². The number of hydrogen-bond acceptors (Lipinski definition) is 3. The van der Waals surface area contributed by atoms with E-state index in [9.17, 15) is 0 Å². The maximum atomic E-state index is 6.07. The van der Waals surface area contributed by atoms with Crippen LogP contribution >= 0.6 is 0 Å². The Labute approximate surface area is 170 Å². The Morgan fingerprint density at radius 1 is 0.700 bits per heavy atom. The first-order valence-corrected chi connectivity index (χ1v) is 9.94. The molecule has 0 unspecified atom stereocenters. The number of rotatable bonds is 1. The van der Waals surface area contributed by atoms with Crippen LogP contribution in [0.4, 0.5) is 0 Å². The van der Waals surface area contributed by atoms with E-state index in [0.717, 1.165) is 66.0 Å². The van der Waals surface area contributed by atoms with Crippen molar-refractivity contribution in [3.05, 3.63) is 85.1 Å². The van der Waals surface area contributed by atoms with E-state index in [1.165, 1.54) is 0 Å². The number of fused-ring (bicyclic) bond motifs is 8. The van der Waals surface area contributed by atoms with Gasteiger partial charge in [0.15, 0.2) is 0 Å². The van der Waals surface area contributed by atoms with E-state index in [1.807, 2.05) is 60.8 Å². The van der Waals surface area contributed by atoms with Crippen LogP contribution in [0.1, 0.15) is 0 Å². The Morgan fingerprint density at radius 3 is 2.50 bits per heavy atom. The lowest BCUT2D eigenvalue weighted by atomic mass is 10.0. The molecule has 0 radical (unpaired) electrons. The van der Waals surface area contributed by atoms with Crippen LogP contribution in [0.25, 0.3) is 66.0 Å². The van der Waals surface area contributed by atoms with E-state index in [2.05, 4.69) is 34.2 Å². The lowest BCUT2D eigenvalue weighted by molar-refractivity contribution is 0.669. The number of nitrogens with zero attached hydrogens (tertiary/aromatic N) is 2. The lowest BCUT2D eigenvalue weighted by Gasteiger charge is -2.06. The van der Waals surface area contributed by atoms with Crippen LogP contribution in [-0.4, -0.2) is 15.0 Å². The first-order chi connectivity index (χ1) is 14.9. The summed E-state index contributed by atoms with van der Waals surface area (Å²) >= 11 is 0. The van der Waals surface area contributed by atoms with E-state index in [4.69, 9.17) is 9.40 Å². The molecule has 0 aliphatic rings. The molecule has 7 rings (SSSR count). The summed E-state index contributed by atoms with van der Waals surface area (Å²) in [6.45, 7) is 0. The molecule has 0 atom stereocenters. The van der Waals surface area contributed by atoms with Crippen LogP contribution in [0.2, 0.25) is 0 Å². The second kappa shape index (κ2) is 5.67. The molecular formula is C26H15N3O. The predicted molar refractivity (Wildman–Crippen MR) is 122 cm³/mol. The second-order valence-electron chi connectivity index (χ2n) is 7.56. The summed E-state index contributed by atoms with van der Waals surface area (Å²) < 4.78 is 6.07. The first-order valence-electron chi connectivity index (χ1n) is 9.94. The number of pyridine rings is 2. The minimum atomic E-state index is 0.873. The van der Waals surface area contributed by atoms with Gasteiger partial charge in [-0.1, -0.05) is 48.5 Å². The van der Waals surface area contributed by atoms with Crippen LogP contribution in [-0.2, 0) is 0 Å². The Bertz CT molecular complexity index is 1760. The minimum absolute atomic E-state index is 0.873. The lowest BCUT2D eigenvalue weighted by Crippen LogP contribution is -1.89. The number of aromatic amines is 1. The van der Waals surface area contributed by atoms with Crippen molar-refractivity contribution in [2.45, 2.75) is 0 Å². The zero-order valence-corrected chi connectivity index (χ0v) is 15.9. The van der Waals surface area contributed by atoms with Crippen LogP contribution in [0.5, 0.6) is 0 Å². The zero-order valence-electron chi connectivity index (χ0n) is 15.9. The highest BCUT2D eigenvalue weighted by Crippen LogP contribution is 2.37. The van der Waals surface area contributed by atoms with Gasteiger partial charge in [-0.2, -0.15) is 0 Å². The number of aromatic nitrogens is 3. The Kier molecular flexibility index (Phi) is 2.97.